The van der Waals surface area contributed by atoms with Crippen molar-refractivity contribution < 1.29 is 14.3 Å². The Morgan fingerprint density at radius 2 is 1.86 bits per heavy atom. The lowest BCUT2D eigenvalue weighted by Gasteiger charge is -2.47. The number of unbranched alkanes of at least 4 members (excludes halogenated alkanes) is 1. The molecule has 2 heterocycles. The van der Waals surface area contributed by atoms with Gasteiger partial charge in [0.1, 0.15) is 6.29 Å². The summed E-state index contributed by atoms with van der Waals surface area (Å²) in [5.74, 6) is -0.125. The molecule has 0 aromatic heterocycles. The molecule has 1 atom stereocenters. The van der Waals surface area contributed by atoms with Crippen molar-refractivity contribution in [2.24, 2.45) is 10.8 Å². The van der Waals surface area contributed by atoms with Crippen LogP contribution in [-0.2, 0) is 20.7 Å². The van der Waals surface area contributed by atoms with Crippen molar-refractivity contribution in [2.75, 3.05) is 24.6 Å². The van der Waals surface area contributed by atoms with Crippen LogP contribution in [-0.4, -0.2) is 42.9 Å². The molecule has 0 saturated carbocycles. The lowest BCUT2D eigenvalue weighted by atomic mass is 9.73. The number of anilines is 1. The smallest absolute Gasteiger partial charge is 0.305 e. The summed E-state index contributed by atoms with van der Waals surface area (Å²) in [5, 5.41) is 0. The van der Waals surface area contributed by atoms with E-state index in [4.69, 9.17) is 4.74 Å². The van der Waals surface area contributed by atoms with Crippen LogP contribution in [0.25, 0.3) is 0 Å². The highest BCUT2D eigenvalue weighted by Crippen LogP contribution is 2.46. The van der Waals surface area contributed by atoms with Gasteiger partial charge in [0.15, 0.2) is 0 Å². The van der Waals surface area contributed by atoms with Crippen LogP contribution in [0.15, 0.2) is 83.8 Å². The molecule has 3 aliphatic rings. The summed E-state index contributed by atoms with van der Waals surface area (Å²) in [4.78, 5) is 28.3. The monoisotopic (exact) mass is 570 g/mol. The van der Waals surface area contributed by atoms with E-state index in [1.807, 2.05) is 6.92 Å². The summed E-state index contributed by atoms with van der Waals surface area (Å²) >= 11 is 0. The molecule has 1 aromatic carbocycles. The van der Waals surface area contributed by atoms with Crippen LogP contribution in [0.1, 0.15) is 85.1 Å². The molecular weight excluding hydrogens is 520 g/mol. The van der Waals surface area contributed by atoms with Crippen LogP contribution < -0.4 is 4.90 Å². The van der Waals surface area contributed by atoms with Gasteiger partial charge in [-0.1, -0.05) is 82.4 Å². The van der Waals surface area contributed by atoms with Gasteiger partial charge in [0, 0.05) is 54.8 Å². The normalized spacial score (nSPS) is 23.6. The van der Waals surface area contributed by atoms with Gasteiger partial charge in [0.2, 0.25) is 0 Å². The summed E-state index contributed by atoms with van der Waals surface area (Å²) in [6.07, 6.45) is 23.5. The van der Waals surface area contributed by atoms with E-state index in [9.17, 15) is 9.59 Å². The number of carbonyl (C=O) groups is 2. The van der Waals surface area contributed by atoms with Gasteiger partial charge in [-0.25, -0.2) is 0 Å². The Morgan fingerprint density at radius 1 is 1.05 bits per heavy atom. The van der Waals surface area contributed by atoms with Crippen LogP contribution >= 0.6 is 0 Å². The number of hydrogen-bond acceptors (Lipinski definition) is 5. The summed E-state index contributed by atoms with van der Waals surface area (Å²) in [5.41, 5.74) is 6.68. The topological polar surface area (TPSA) is 49.9 Å². The molecule has 1 aliphatic carbocycles. The lowest BCUT2D eigenvalue weighted by Crippen LogP contribution is -2.49. The highest BCUT2D eigenvalue weighted by atomic mass is 16.5. The van der Waals surface area contributed by atoms with Crippen LogP contribution in [0.4, 0.5) is 5.69 Å². The number of benzene rings is 1. The van der Waals surface area contributed by atoms with E-state index < -0.39 is 0 Å². The Bertz CT molecular complexity index is 1260. The number of allylic oxidation sites excluding steroid dienone is 8. The standard InChI is InChI=1S/C37H50N2O3/c1-6-42-35(41)23-16-25-39-31-19-10-8-7-9-17-29(31)27-37(4,5)34(39)22-15-21-33-36(2,3)28-30-18-11-12-20-32(30)38(33)24-13-14-26-40/h8-12,15,17-18,20-22,26,33H,6-7,13-14,16,19,23-25,27-28H2,1-5H3/b10-8-,17-9-,21-15+,34-22+. The Morgan fingerprint density at radius 3 is 2.64 bits per heavy atom. The summed E-state index contributed by atoms with van der Waals surface area (Å²) in [6, 6.07) is 8.93. The second kappa shape index (κ2) is 14.2. The Balaban J connectivity index is 1.68. The number of fused-ring (bicyclic) bond motifs is 1. The zero-order valence-corrected chi connectivity index (χ0v) is 26.4. The molecule has 5 heteroatoms. The van der Waals surface area contributed by atoms with E-state index in [1.165, 1.54) is 28.2 Å². The first-order chi connectivity index (χ1) is 20.2. The molecule has 0 N–H and O–H groups in total. The average molecular weight is 571 g/mol. The zero-order chi connectivity index (χ0) is 30.2. The minimum Gasteiger partial charge on any atom is -0.466 e. The first kappa shape index (κ1) is 31.6. The quantitative estimate of drug-likeness (QED) is 0.116. The molecule has 1 unspecified atom stereocenters. The fourth-order valence-corrected chi connectivity index (χ4v) is 6.84. The van der Waals surface area contributed by atoms with E-state index in [1.54, 1.807) is 0 Å². The largest absolute Gasteiger partial charge is 0.466 e. The van der Waals surface area contributed by atoms with E-state index in [2.05, 4.69) is 104 Å². The third-order valence-electron chi connectivity index (χ3n) is 8.80. The summed E-state index contributed by atoms with van der Waals surface area (Å²) in [6.45, 7) is 13.3. The number of ether oxygens (including phenoxy) is 1. The number of nitrogens with zero attached hydrogens (tertiary/aromatic N) is 2. The molecule has 226 valence electrons. The number of rotatable bonds is 11. The molecule has 0 amide bonds. The number of hydrogen-bond donors (Lipinski definition) is 0. The van der Waals surface area contributed by atoms with E-state index in [-0.39, 0.29) is 22.8 Å². The van der Waals surface area contributed by atoms with Crippen molar-refractivity contribution in [3.63, 3.8) is 0 Å². The van der Waals surface area contributed by atoms with Crippen LogP contribution in [0.2, 0.25) is 0 Å². The van der Waals surface area contributed by atoms with Crippen molar-refractivity contribution in [3.05, 3.63) is 89.3 Å². The number of para-hydroxylation sites is 1. The van der Waals surface area contributed by atoms with Gasteiger partial charge in [-0.2, -0.15) is 0 Å². The molecular formula is C37H50N2O3. The number of esters is 1. The molecule has 5 nitrogen and oxygen atoms in total. The van der Waals surface area contributed by atoms with Crippen LogP contribution in [0.5, 0.6) is 0 Å². The maximum atomic E-state index is 12.2. The minimum atomic E-state index is -0.125. The molecule has 0 fully saturated rings. The van der Waals surface area contributed by atoms with Gasteiger partial charge >= 0.3 is 5.97 Å². The molecule has 1 aromatic rings. The first-order valence-electron chi connectivity index (χ1n) is 15.8. The van der Waals surface area contributed by atoms with Crippen molar-refractivity contribution in [3.8, 4) is 0 Å². The van der Waals surface area contributed by atoms with Gasteiger partial charge in [0.05, 0.1) is 12.6 Å². The first-order valence-corrected chi connectivity index (χ1v) is 15.8. The highest BCUT2D eigenvalue weighted by molar-refractivity contribution is 5.69. The van der Waals surface area contributed by atoms with Crippen molar-refractivity contribution in [1.29, 1.82) is 0 Å². The van der Waals surface area contributed by atoms with Gasteiger partial charge in [0.25, 0.3) is 0 Å². The second-order valence-electron chi connectivity index (χ2n) is 13.1. The summed E-state index contributed by atoms with van der Waals surface area (Å²) in [7, 11) is 0. The van der Waals surface area contributed by atoms with Gasteiger partial charge < -0.3 is 19.3 Å². The van der Waals surface area contributed by atoms with Gasteiger partial charge in [-0.05, 0) is 67.7 Å². The molecule has 0 spiro atoms. The Labute approximate surface area is 253 Å². The van der Waals surface area contributed by atoms with E-state index in [0.717, 1.165) is 57.9 Å². The van der Waals surface area contributed by atoms with Crippen molar-refractivity contribution in [2.45, 2.75) is 92.0 Å². The van der Waals surface area contributed by atoms with Gasteiger partial charge in [-0.15, -0.1) is 0 Å². The Kier molecular flexibility index (Phi) is 10.7. The molecule has 4 rings (SSSR count). The predicted molar refractivity (Wildman–Crippen MR) is 173 cm³/mol. The maximum Gasteiger partial charge on any atom is 0.305 e. The fraction of sp³-hybridized carbons (Fsp3) is 0.514. The second-order valence-corrected chi connectivity index (χ2v) is 13.1. The van der Waals surface area contributed by atoms with Crippen molar-refractivity contribution >= 4 is 17.9 Å². The zero-order valence-electron chi connectivity index (χ0n) is 26.4. The molecule has 42 heavy (non-hydrogen) atoms. The molecule has 0 radical (unpaired) electrons. The molecule has 0 bridgehead atoms. The molecule has 0 saturated heterocycles. The lowest BCUT2D eigenvalue weighted by molar-refractivity contribution is -0.143. The average Bonchev–Trinajstić information content (AvgIpc) is 2.92. The predicted octanol–water partition coefficient (Wildman–Crippen LogP) is 8.10. The highest BCUT2D eigenvalue weighted by Gasteiger charge is 2.39. The van der Waals surface area contributed by atoms with Gasteiger partial charge in [-0.3, -0.25) is 4.79 Å². The maximum absolute atomic E-state index is 12.2. The van der Waals surface area contributed by atoms with E-state index in [0.29, 0.717) is 19.4 Å². The minimum absolute atomic E-state index is 0.0385. The fourth-order valence-electron chi connectivity index (χ4n) is 6.84. The van der Waals surface area contributed by atoms with E-state index >= 15 is 0 Å². The van der Waals surface area contributed by atoms with Crippen LogP contribution in [0, 0.1) is 10.8 Å². The number of carbonyl (C=O) groups excluding carboxylic acids is 2. The van der Waals surface area contributed by atoms with Crippen LogP contribution in [0.3, 0.4) is 0 Å². The van der Waals surface area contributed by atoms with Crippen molar-refractivity contribution in [1.82, 2.24) is 4.90 Å². The molecule has 2 aliphatic heterocycles. The third kappa shape index (κ3) is 7.53. The summed E-state index contributed by atoms with van der Waals surface area (Å²) < 4.78 is 5.22. The number of aldehydes is 1. The third-order valence-corrected chi connectivity index (χ3v) is 8.80. The SMILES string of the molecule is CCOC(=O)CCCN1C2=C(/C=C\C/C=C\C2)CC(C)(C)/C1=C\C=C\C1N(CCCC=O)c2ccccc2CC1(C)C. The Hall–Kier alpha value is -3.34.